The maximum Gasteiger partial charge on any atom is 0.293 e. The van der Waals surface area contributed by atoms with Crippen LogP contribution in [0.4, 0.5) is 0 Å². The zero-order valence-corrected chi connectivity index (χ0v) is 16.8. The molecule has 0 fully saturated rings. The number of methoxy groups -OCH3 is 3. The fraction of sp³-hybridized carbons (Fsp3) is 0.238. The van der Waals surface area contributed by atoms with E-state index in [1.54, 1.807) is 57.2 Å². The van der Waals surface area contributed by atoms with Crippen LogP contribution in [0.1, 0.15) is 17.4 Å². The summed E-state index contributed by atoms with van der Waals surface area (Å²) in [6.07, 6.45) is 0. The van der Waals surface area contributed by atoms with E-state index in [-0.39, 0.29) is 0 Å². The number of nitrogens with one attached hydrogen (secondary N) is 1. The number of hydrogen-bond acceptors (Lipinski definition) is 6. The van der Waals surface area contributed by atoms with Gasteiger partial charge in [-0.05, 0) is 49.4 Å². The fourth-order valence-electron chi connectivity index (χ4n) is 2.79. The second kappa shape index (κ2) is 9.11. The van der Waals surface area contributed by atoms with E-state index >= 15 is 0 Å². The monoisotopic (exact) mass is 397 g/mol. The van der Waals surface area contributed by atoms with Crippen LogP contribution in [0.15, 0.2) is 48.5 Å². The molecule has 0 bridgehead atoms. The summed E-state index contributed by atoms with van der Waals surface area (Å²) in [6, 6.07) is 14.3. The summed E-state index contributed by atoms with van der Waals surface area (Å²) in [7, 11) is 4.75. The summed E-state index contributed by atoms with van der Waals surface area (Å²) < 4.78 is 17.5. The van der Waals surface area contributed by atoms with E-state index in [2.05, 4.69) is 10.6 Å². The lowest BCUT2D eigenvalue weighted by Crippen LogP contribution is -2.26. The van der Waals surface area contributed by atoms with Crippen molar-refractivity contribution < 1.29 is 23.8 Å². The van der Waals surface area contributed by atoms with Gasteiger partial charge >= 0.3 is 0 Å². The second-order valence-electron chi connectivity index (χ2n) is 5.96. The van der Waals surface area contributed by atoms with E-state index in [4.69, 9.17) is 19.0 Å². The number of hydroxylamine groups is 1. The Labute approximate surface area is 168 Å². The number of rotatable bonds is 8. The van der Waals surface area contributed by atoms with E-state index in [0.717, 1.165) is 5.56 Å². The van der Waals surface area contributed by atoms with Crippen molar-refractivity contribution in [3.8, 4) is 34.2 Å². The van der Waals surface area contributed by atoms with E-state index in [9.17, 15) is 4.79 Å². The number of benzene rings is 2. The van der Waals surface area contributed by atoms with Gasteiger partial charge in [0.05, 0.1) is 39.3 Å². The molecule has 0 atom stereocenters. The van der Waals surface area contributed by atoms with Gasteiger partial charge in [-0.15, -0.1) is 0 Å². The first-order valence-electron chi connectivity index (χ1n) is 9.00. The zero-order valence-electron chi connectivity index (χ0n) is 16.8. The van der Waals surface area contributed by atoms with Gasteiger partial charge in [-0.2, -0.15) is 5.10 Å². The van der Waals surface area contributed by atoms with Crippen LogP contribution in [0.3, 0.4) is 0 Å². The maximum absolute atomic E-state index is 12.6. The van der Waals surface area contributed by atoms with Crippen LogP contribution in [0.5, 0.6) is 17.2 Å². The first-order valence-corrected chi connectivity index (χ1v) is 9.00. The number of hydrogen-bond donors (Lipinski definition) is 1. The van der Waals surface area contributed by atoms with Crippen molar-refractivity contribution in [2.45, 2.75) is 6.92 Å². The molecule has 1 heterocycles. The van der Waals surface area contributed by atoms with Crippen LogP contribution in [-0.2, 0) is 4.84 Å². The minimum atomic E-state index is -0.408. The molecule has 1 N–H and O–H groups in total. The zero-order chi connectivity index (χ0) is 20.8. The molecule has 0 unspecified atom stereocenters. The SMILES string of the molecule is CCONC(=O)c1cc(-c2ccc(OC)cc2OC)nn1-c1ccc(OC)cc1. The van der Waals surface area contributed by atoms with Crippen molar-refractivity contribution in [1.29, 1.82) is 0 Å². The molecule has 0 saturated heterocycles. The average molecular weight is 397 g/mol. The van der Waals surface area contributed by atoms with E-state index in [1.807, 2.05) is 24.3 Å². The fourth-order valence-corrected chi connectivity index (χ4v) is 2.79. The highest BCUT2D eigenvalue weighted by Gasteiger charge is 2.20. The van der Waals surface area contributed by atoms with Gasteiger partial charge in [-0.1, -0.05) is 0 Å². The van der Waals surface area contributed by atoms with Crippen LogP contribution in [0.25, 0.3) is 16.9 Å². The quantitative estimate of drug-likeness (QED) is 0.588. The van der Waals surface area contributed by atoms with E-state index in [1.165, 1.54) is 0 Å². The van der Waals surface area contributed by atoms with Crippen LogP contribution in [0, 0.1) is 0 Å². The number of carbonyl (C=O) groups excluding carboxylic acids is 1. The first-order chi connectivity index (χ1) is 14.1. The number of carbonyl (C=O) groups is 1. The number of aromatic nitrogens is 2. The normalized spacial score (nSPS) is 10.5. The Balaban J connectivity index is 2.10. The maximum atomic E-state index is 12.6. The Bertz CT molecular complexity index is 982. The molecule has 0 spiro atoms. The van der Waals surface area contributed by atoms with Crippen molar-refractivity contribution in [3.05, 3.63) is 54.2 Å². The van der Waals surface area contributed by atoms with Crippen molar-refractivity contribution in [1.82, 2.24) is 15.3 Å². The number of ether oxygens (including phenoxy) is 3. The third-order valence-corrected chi connectivity index (χ3v) is 4.25. The molecule has 1 amide bonds. The Kier molecular flexibility index (Phi) is 6.36. The predicted octanol–water partition coefficient (Wildman–Crippen LogP) is 3.25. The molecule has 152 valence electrons. The molecule has 8 heteroatoms. The molecule has 3 rings (SSSR count). The molecule has 0 saturated carbocycles. The summed E-state index contributed by atoms with van der Waals surface area (Å²) in [6.45, 7) is 2.14. The summed E-state index contributed by atoms with van der Waals surface area (Å²) in [5, 5.41) is 4.64. The predicted molar refractivity (Wildman–Crippen MR) is 108 cm³/mol. The van der Waals surface area contributed by atoms with E-state index in [0.29, 0.717) is 40.9 Å². The molecular formula is C21H23N3O5. The van der Waals surface area contributed by atoms with Gasteiger partial charge in [0.25, 0.3) is 5.91 Å². The highest BCUT2D eigenvalue weighted by atomic mass is 16.6. The molecule has 3 aromatic rings. The standard InChI is InChI=1S/C21H23N3O5/c1-5-29-23-21(25)19-13-18(17-11-10-16(27-3)12-20(17)28-4)22-24(19)14-6-8-15(26-2)9-7-14/h6-13H,5H2,1-4H3,(H,23,25). The van der Waals surface area contributed by atoms with Gasteiger partial charge in [0.15, 0.2) is 0 Å². The van der Waals surface area contributed by atoms with Gasteiger partial charge in [0.2, 0.25) is 0 Å². The summed E-state index contributed by atoms with van der Waals surface area (Å²) >= 11 is 0. The molecule has 29 heavy (non-hydrogen) atoms. The van der Waals surface area contributed by atoms with Crippen LogP contribution in [0.2, 0.25) is 0 Å². The van der Waals surface area contributed by atoms with E-state index < -0.39 is 5.91 Å². The second-order valence-corrected chi connectivity index (χ2v) is 5.96. The summed E-state index contributed by atoms with van der Waals surface area (Å²) in [5.41, 5.74) is 4.73. The summed E-state index contributed by atoms with van der Waals surface area (Å²) in [5.74, 6) is 1.54. The lowest BCUT2D eigenvalue weighted by molar-refractivity contribution is 0.0357. The first kappa shape index (κ1) is 20.2. The van der Waals surface area contributed by atoms with Crippen LogP contribution < -0.4 is 19.7 Å². The third-order valence-electron chi connectivity index (χ3n) is 4.25. The van der Waals surface area contributed by atoms with Gasteiger partial charge in [0.1, 0.15) is 22.9 Å². The van der Waals surface area contributed by atoms with Gasteiger partial charge in [-0.25, -0.2) is 10.2 Å². The minimum Gasteiger partial charge on any atom is -0.497 e. The van der Waals surface area contributed by atoms with Gasteiger partial charge < -0.3 is 14.2 Å². The van der Waals surface area contributed by atoms with Crippen LogP contribution in [-0.4, -0.2) is 43.6 Å². The minimum absolute atomic E-state index is 0.316. The highest BCUT2D eigenvalue weighted by Crippen LogP contribution is 2.33. The Hall–Kier alpha value is -3.52. The van der Waals surface area contributed by atoms with Crippen molar-refractivity contribution in [3.63, 3.8) is 0 Å². The van der Waals surface area contributed by atoms with Crippen LogP contribution >= 0.6 is 0 Å². The molecule has 8 nitrogen and oxygen atoms in total. The lowest BCUT2D eigenvalue weighted by atomic mass is 10.1. The van der Waals surface area contributed by atoms with Crippen molar-refractivity contribution in [2.75, 3.05) is 27.9 Å². The molecule has 0 aliphatic carbocycles. The smallest absolute Gasteiger partial charge is 0.293 e. The average Bonchev–Trinajstić information content (AvgIpc) is 3.22. The molecular weight excluding hydrogens is 374 g/mol. The third kappa shape index (κ3) is 4.33. The summed E-state index contributed by atoms with van der Waals surface area (Å²) in [4.78, 5) is 17.7. The highest BCUT2D eigenvalue weighted by molar-refractivity contribution is 5.94. The van der Waals surface area contributed by atoms with Crippen molar-refractivity contribution >= 4 is 5.91 Å². The Morgan fingerprint density at radius 2 is 1.66 bits per heavy atom. The van der Waals surface area contributed by atoms with Gasteiger partial charge in [-0.3, -0.25) is 9.63 Å². The number of amides is 1. The molecule has 2 aromatic carbocycles. The molecule has 1 aromatic heterocycles. The number of nitrogens with zero attached hydrogens (tertiary/aromatic N) is 2. The molecule has 0 aliphatic heterocycles. The molecule has 0 radical (unpaired) electrons. The Morgan fingerprint density at radius 1 is 0.966 bits per heavy atom. The Morgan fingerprint density at radius 3 is 2.28 bits per heavy atom. The largest absolute Gasteiger partial charge is 0.497 e. The topological polar surface area (TPSA) is 83.8 Å². The molecule has 0 aliphatic rings. The lowest BCUT2D eigenvalue weighted by Gasteiger charge is -2.09. The van der Waals surface area contributed by atoms with Crippen molar-refractivity contribution in [2.24, 2.45) is 0 Å². The van der Waals surface area contributed by atoms with Gasteiger partial charge in [0, 0.05) is 11.6 Å².